The van der Waals surface area contributed by atoms with E-state index in [1.54, 1.807) is 6.07 Å². The molecule has 5 heteroatoms. The maximum atomic E-state index is 13.5. The number of benzene rings is 1. The molecule has 0 saturated carbocycles. The molecule has 1 rings (SSSR count). The molecule has 0 spiro atoms. The van der Waals surface area contributed by atoms with E-state index < -0.39 is 11.9 Å². The molecule has 0 aliphatic rings. The zero-order chi connectivity index (χ0) is 13.5. The van der Waals surface area contributed by atoms with Crippen molar-refractivity contribution in [1.82, 2.24) is 0 Å². The van der Waals surface area contributed by atoms with Gasteiger partial charge in [-0.1, -0.05) is 0 Å². The fraction of sp³-hybridized carbons (Fsp3) is 0.462. The molecule has 1 unspecified atom stereocenters. The van der Waals surface area contributed by atoms with Gasteiger partial charge in [-0.2, -0.15) is 0 Å². The number of halogens is 1. The van der Waals surface area contributed by atoms with E-state index in [-0.39, 0.29) is 18.0 Å². The van der Waals surface area contributed by atoms with Crippen LogP contribution in [0.25, 0.3) is 0 Å². The molecule has 0 aliphatic carbocycles. The second-order valence-electron chi connectivity index (χ2n) is 3.89. The maximum absolute atomic E-state index is 13.5. The molecule has 0 aromatic heterocycles. The lowest BCUT2D eigenvalue weighted by molar-refractivity contribution is -0.140. The Hall–Kier alpha value is -1.62. The third-order valence-electron chi connectivity index (χ3n) is 2.44. The first-order chi connectivity index (χ1) is 8.54. The van der Waals surface area contributed by atoms with Crippen LogP contribution in [0.5, 0.6) is 5.75 Å². The molecule has 1 aromatic carbocycles. The zero-order valence-corrected chi connectivity index (χ0v) is 10.5. The Morgan fingerprint density at radius 2 is 2.22 bits per heavy atom. The number of hydrogen-bond donors (Lipinski definition) is 1. The number of methoxy groups -OCH3 is 1. The van der Waals surface area contributed by atoms with Gasteiger partial charge < -0.3 is 14.6 Å². The van der Waals surface area contributed by atoms with Crippen molar-refractivity contribution in [3.05, 3.63) is 29.6 Å². The Balaban J connectivity index is 2.44. The van der Waals surface area contributed by atoms with Crippen molar-refractivity contribution in [2.45, 2.75) is 25.9 Å². The van der Waals surface area contributed by atoms with E-state index in [4.69, 9.17) is 4.74 Å². The second kappa shape index (κ2) is 6.96. The molecule has 0 heterocycles. The molecule has 0 aliphatic heterocycles. The van der Waals surface area contributed by atoms with Gasteiger partial charge in [-0.25, -0.2) is 4.39 Å². The lowest BCUT2D eigenvalue weighted by atomic mass is 10.1. The minimum absolute atomic E-state index is 0.233. The molecule has 1 aromatic rings. The van der Waals surface area contributed by atoms with E-state index in [0.29, 0.717) is 18.8 Å². The first kappa shape index (κ1) is 14.4. The summed E-state index contributed by atoms with van der Waals surface area (Å²) in [5, 5.41) is 9.27. The van der Waals surface area contributed by atoms with Gasteiger partial charge >= 0.3 is 5.97 Å². The number of esters is 1. The van der Waals surface area contributed by atoms with Crippen LogP contribution < -0.4 is 4.74 Å². The lowest BCUT2D eigenvalue weighted by Crippen LogP contribution is -2.05. The van der Waals surface area contributed by atoms with E-state index in [1.807, 2.05) is 0 Å². The number of hydrogen-bond acceptors (Lipinski definition) is 4. The number of carbonyl (C=O) groups is 1. The summed E-state index contributed by atoms with van der Waals surface area (Å²) in [5.74, 6) is -0.425. The molecule has 18 heavy (non-hydrogen) atoms. The summed E-state index contributed by atoms with van der Waals surface area (Å²) in [5.41, 5.74) is 0.233. The second-order valence-corrected chi connectivity index (χ2v) is 3.89. The summed E-state index contributed by atoms with van der Waals surface area (Å²) < 4.78 is 23.2. The summed E-state index contributed by atoms with van der Waals surface area (Å²) in [6, 6.07) is 4.29. The van der Waals surface area contributed by atoms with Crippen LogP contribution in [0.2, 0.25) is 0 Å². The minimum Gasteiger partial charge on any atom is -0.493 e. The standard InChI is InChI=1S/C13H17FO4/c1-9(15)11-6-5-10(8-12(11)14)18-7-3-4-13(16)17-2/h5-6,8-9,15H,3-4,7H2,1-2H3. The van der Waals surface area contributed by atoms with Crippen LogP contribution >= 0.6 is 0 Å². The van der Waals surface area contributed by atoms with Gasteiger partial charge in [0.05, 0.1) is 19.8 Å². The van der Waals surface area contributed by atoms with Crippen LogP contribution in [0.15, 0.2) is 18.2 Å². The highest BCUT2D eigenvalue weighted by Gasteiger charge is 2.09. The van der Waals surface area contributed by atoms with Gasteiger partial charge in [-0.3, -0.25) is 4.79 Å². The number of rotatable bonds is 6. The summed E-state index contributed by atoms with van der Waals surface area (Å²) in [7, 11) is 1.33. The fourth-order valence-corrected chi connectivity index (χ4v) is 1.45. The highest BCUT2D eigenvalue weighted by molar-refractivity contribution is 5.69. The van der Waals surface area contributed by atoms with E-state index in [0.717, 1.165) is 0 Å². The van der Waals surface area contributed by atoms with Crippen molar-refractivity contribution in [2.24, 2.45) is 0 Å². The van der Waals surface area contributed by atoms with Crippen molar-refractivity contribution in [3.63, 3.8) is 0 Å². The average molecular weight is 256 g/mol. The van der Waals surface area contributed by atoms with Crippen molar-refractivity contribution in [2.75, 3.05) is 13.7 Å². The fourth-order valence-electron chi connectivity index (χ4n) is 1.45. The van der Waals surface area contributed by atoms with Gasteiger partial charge in [0.15, 0.2) is 0 Å². The quantitative estimate of drug-likeness (QED) is 0.626. The van der Waals surface area contributed by atoms with Crippen LogP contribution in [0.4, 0.5) is 4.39 Å². The molecule has 1 atom stereocenters. The molecule has 0 fully saturated rings. The molecule has 0 saturated heterocycles. The number of carbonyl (C=O) groups excluding carboxylic acids is 1. The van der Waals surface area contributed by atoms with E-state index in [2.05, 4.69) is 4.74 Å². The summed E-state index contributed by atoms with van der Waals surface area (Å²) in [6.07, 6.45) is -0.0737. The smallest absolute Gasteiger partial charge is 0.305 e. The van der Waals surface area contributed by atoms with E-state index in [9.17, 15) is 14.3 Å². The Morgan fingerprint density at radius 1 is 1.50 bits per heavy atom. The van der Waals surface area contributed by atoms with Crippen LogP contribution in [0.1, 0.15) is 31.4 Å². The topological polar surface area (TPSA) is 55.8 Å². The third kappa shape index (κ3) is 4.33. The van der Waals surface area contributed by atoms with Gasteiger partial charge in [0.25, 0.3) is 0 Å². The predicted molar refractivity (Wildman–Crippen MR) is 63.8 cm³/mol. The molecule has 4 nitrogen and oxygen atoms in total. The van der Waals surface area contributed by atoms with Crippen LogP contribution in [-0.4, -0.2) is 24.8 Å². The summed E-state index contributed by atoms with van der Waals surface area (Å²) in [6.45, 7) is 1.80. The largest absolute Gasteiger partial charge is 0.493 e. The first-order valence-corrected chi connectivity index (χ1v) is 5.71. The molecule has 0 bridgehead atoms. The van der Waals surface area contributed by atoms with Gasteiger partial charge in [0.2, 0.25) is 0 Å². The Bertz CT molecular complexity index is 404. The molecule has 0 radical (unpaired) electrons. The van der Waals surface area contributed by atoms with Crippen LogP contribution in [0, 0.1) is 5.82 Å². The highest BCUT2D eigenvalue weighted by Crippen LogP contribution is 2.21. The van der Waals surface area contributed by atoms with Crippen molar-refractivity contribution >= 4 is 5.97 Å². The minimum atomic E-state index is -0.849. The Morgan fingerprint density at radius 3 is 2.78 bits per heavy atom. The number of aliphatic hydroxyl groups excluding tert-OH is 1. The normalized spacial score (nSPS) is 12.0. The molecular weight excluding hydrogens is 239 g/mol. The Kier molecular flexibility index (Phi) is 5.58. The van der Waals surface area contributed by atoms with E-state index >= 15 is 0 Å². The van der Waals surface area contributed by atoms with Crippen molar-refractivity contribution < 1.29 is 23.8 Å². The molecular formula is C13H17FO4. The lowest BCUT2D eigenvalue weighted by Gasteiger charge is -2.09. The van der Waals surface area contributed by atoms with Crippen molar-refractivity contribution in [1.29, 1.82) is 0 Å². The van der Waals surface area contributed by atoms with Gasteiger partial charge in [0.1, 0.15) is 11.6 Å². The van der Waals surface area contributed by atoms with E-state index in [1.165, 1.54) is 26.2 Å². The first-order valence-electron chi connectivity index (χ1n) is 5.71. The predicted octanol–water partition coefficient (Wildman–Crippen LogP) is 2.21. The monoisotopic (exact) mass is 256 g/mol. The van der Waals surface area contributed by atoms with Gasteiger partial charge in [-0.05, 0) is 25.5 Å². The SMILES string of the molecule is COC(=O)CCCOc1ccc(C(C)O)c(F)c1. The highest BCUT2D eigenvalue weighted by atomic mass is 19.1. The van der Waals surface area contributed by atoms with Crippen molar-refractivity contribution in [3.8, 4) is 5.75 Å². The third-order valence-corrected chi connectivity index (χ3v) is 2.44. The average Bonchev–Trinajstić information content (AvgIpc) is 2.34. The van der Waals surface area contributed by atoms with Gasteiger partial charge in [-0.15, -0.1) is 0 Å². The number of aliphatic hydroxyl groups is 1. The van der Waals surface area contributed by atoms with Gasteiger partial charge in [0, 0.05) is 18.1 Å². The number of ether oxygens (including phenoxy) is 2. The molecule has 0 amide bonds. The van der Waals surface area contributed by atoms with Crippen LogP contribution in [0.3, 0.4) is 0 Å². The van der Waals surface area contributed by atoms with Crippen LogP contribution in [-0.2, 0) is 9.53 Å². The summed E-state index contributed by atoms with van der Waals surface area (Å²) >= 11 is 0. The summed E-state index contributed by atoms with van der Waals surface area (Å²) in [4.78, 5) is 10.8. The molecule has 1 N–H and O–H groups in total. The maximum Gasteiger partial charge on any atom is 0.305 e. The Labute approximate surface area is 105 Å². The zero-order valence-electron chi connectivity index (χ0n) is 10.5. The molecule has 100 valence electrons.